The quantitative estimate of drug-likeness (QED) is 0.473. The Kier molecular flexibility index (Phi) is 4.23. The van der Waals surface area contributed by atoms with Gasteiger partial charge in [0.05, 0.1) is 15.6 Å². The molecule has 3 N–H and O–H groups in total. The van der Waals surface area contributed by atoms with Crippen LogP contribution in [0.25, 0.3) is 0 Å². The number of hydrazone groups is 1. The molecule has 0 saturated heterocycles. The van der Waals surface area contributed by atoms with E-state index in [1.807, 2.05) is 0 Å². The smallest absolute Gasteiger partial charge is 0.297 e. The molecule has 1 aromatic heterocycles. The van der Waals surface area contributed by atoms with Crippen molar-refractivity contribution in [2.75, 3.05) is 5.73 Å². The van der Waals surface area contributed by atoms with Crippen molar-refractivity contribution in [2.24, 2.45) is 5.10 Å². The minimum Gasteiger partial charge on any atom is -0.379 e. The second-order valence-corrected chi connectivity index (χ2v) is 4.52. The number of benzene rings is 1. The number of rotatable bonds is 4. The zero-order valence-electron chi connectivity index (χ0n) is 10.2. The molecule has 0 fully saturated rings. The lowest BCUT2D eigenvalue weighted by molar-refractivity contribution is -0.385. The molecule has 0 aliphatic carbocycles. The summed E-state index contributed by atoms with van der Waals surface area (Å²) >= 11 is 3.06. The molecule has 11 heteroatoms. The minimum absolute atomic E-state index is 0.116. The van der Waals surface area contributed by atoms with Gasteiger partial charge in [0.15, 0.2) is 0 Å². The van der Waals surface area contributed by atoms with Gasteiger partial charge < -0.3 is 5.73 Å². The van der Waals surface area contributed by atoms with Crippen LogP contribution in [0.1, 0.15) is 16.1 Å². The maximum absolute atomic E-state index is 11.6. The Labute approximate surface area is 125 Å². The van der Waals surface area contributed by atoms with E-state index in [9.17, 15) is 14.9 Å². The molecule has 21 heavy (non-hydrogen) atoms. The fourth-order valence-electron chi connectivity index (χ4n) is 1.32. The number of nitrogens with zero attached hydrogens (tertiary/aromatic N) is 4. The van der Waals surface area contributed by atoms with E-state index in [1.165, 1.54) is 18.3 Å². The van der Waals surface area contributed by atoms with E-state index in [0.29, 0.717) is 10.0 Å². The highest BCUT2D eigenvalue weighted by molar-refractivity contribution is 9.10. The number of aromatic nitrogens is 2. The van der Waals surface area contributed by atoms with Crippen molar-refractivity contribution < 1.29 is 14.3 Å². The van der Waals surface area contributed by atoms with Gasteiger partial charge in [-0.05, 0) is 32.3 Å². The van der Waals surface area contributed by atoms with Crippen LogP contribution in [-0.4, -0.2) is 27.4 Å². The number of hydrogen-bond donors (Lipinski definition) is 2. The van der Waals surface area contributed by atoms with Crippen LogP contribution >= 0.6 is 15.9 Å². The van der Waals surface area contributed by atoms with Crippen LogP contribution in [0.15, 0.2) is 32.4 Å². The largest absolute Gasteiger partial charge is 0.379 e. The van der Waals surface area contributed by atoms with Gasteiger partial charge in [0, 0.05) is 11.6 Å². The topological polar surface area (TPSA) is 150 Å². The summed E-state index contributed by atoms with van der Waals surface area (Å²) in [5, 5.41) is 21.0. The zero-order valence-corrected chi connectivity index (χ0v) is 11.8. The molecule has 2 rings (SSSR count). The molecule has 0 aliphatic heterocycles. The van der Waals surface area contributed by atoms with Crippen LogP contribution in [0, 0.1) is 10.1 Å². The van der Waals surface area contributed by atoms with Gasteiger partial charge in [0.25, 0.3) is 11.6 Å². The first-order chi connectivity index (χ1) is 9.99. The number of hydrogen-bond acceptors (Lipinski definition) is 8. The fraction of sp³-hybridized carbons (Fsp3) is 0. The number of nitro groups is 1. The summed E-state index contributed by atoms with van der Waals surface area (Å²) in [7, 11) is 0. The highest BCUT2D eigenvalue weighted by atomic mass is 79.9. The first-order valence-corrected chi connectivity index (χ1v) is 6.13. The van der Waals surface area contributed by atoms with E-state index in [4.69, 9.17) is 5.73 Å². The molecule has 0 aliphatic rings. The van der Waals surface area contributed by atoms with Gasteiger partial charge in [0.2, 0.25) is 11.5 Å². The maximum Gasteiger partial charge on any atom is 0.297 e. The molecule has 1 heterocycles. The number of carbonyl (C=O) groups is 1. The molecule has 0 radical (unpaired) electrons. The number of nitro benzene ring substituents is 1. The highest BCUT2D eigenvalue weighted by Gasteiger charge is 2.15. The average molecular weight is 355 g/mol. The number of nitrogen functional groups attached to an aromatic ring is 1. The number of halogens is 1. The van der Waals surface area contributed by atoms with Gasteiger partial charge in [0.1, 0.15) is 0 Å². The summed E-state index contributed by atoms with van der Waals surface area (Å²) in [6.07, 6.45) is 1.24. The highest BCUT2D eigenvalue weighted by Crippen LogP contribution is 2.24. The Balaban J connectivity index is 2.08. The van der Waals surface area contributed by atoms with Gasteiger partial charge in [-0.1, -0.05) is 6.07 Å². The predicted octanol–water partition coefficient (Wildman–Crippen LogP) is 1.09. The van der Waals surface area contributed by atoms with E-state index in [0.717, 1.165) is 0 Å². The van der Waals surface area contributed by atoms with Crippen LogP contribution < -0.4 is 11.2 Å². The summed E-state index contributed by atoms with van der Waals surface area (Å²) in [6.45, 7) is 0. The van der Waals surface area contributed by atoms with Crippen LogP contribution in [0.2, 0.25) is 0 Å². The summed E-state index contributed by atoms with van der Waals surface area (Å²) in [6, 6.07) is 4.38. The summed E-state index contributed by atoms with van der Waals surface area (Å²) in [5.41, 5.74) is 7.59. The van der Waals surface area contributed by atoms with E-state index in [1.54, 1.807) is 6.07 Å². The van der Waals surface area contributed by atoms with E-state index >= 15 is 0 Å². The first-order valence-electron chi connectivity index (χ1n) is 5.34. The Morgan fingerprint density at radius 1 is 1.52 bits per heavy atom. The van der Waals surface area contributed by atoms with Crippen LogP contribution in [0.3, 0.4) is 0 Å². The van der Waals surface area contributed by atoms with Crippen molar-refractivity contribution in [1.29, 1.82) is 0 Å². The lowest BCUT2D eigenvalue weighted by Crippen LogP contribution is -2.19. The number of anilines is 1. The predicted molar refractivity (Wildman–Crippen MR) is 74.6 cm³/mol. The zero-order chi connectivity index (χ0) is 15.4. The third kappa shape index (κ3) is 3.39. The number of carbonyl (C=O) groups excluding carboxylic acids is 1. The Morgan fingerprint density at radius 3 is 2.90 bits per heavy atom. The van der Waals surface area contributed by atoms with Gasteiger partial charge in [-0.25, -0.2) is 10.1 Å². The Hall–Kier alpha value is -2.82. The van der Waals surface area contributed by atoms with E-state index in [2.05, 4.69) is 41.4 Å². The summed E-state index contributed by atoms with van der Waals surface area (Å²) < 4.78 is 4.61. The second-order valence-electron chi connectivity index (χ2n) is 3.67. The SMILES string of the molecule is Nc1nonc1C(=O)N/N=C/c1ccc(Br)c([N+](=O)[O-])c1. The lowest BCUT2D eigenvalue weighted by Gasteiger charge is -1.98. The monoisotopic (exact) mass is 354 g/mol. The number of nitrogens with two attached hydrogens (primary N) is 1. The van der Waals surface area contributed by atoms with Crippen molar-refractivity contribution in [3.63, 3.8) is 0 Å². The third-order valence-electron chi connectivity index (χ3n) is 2.28. The molecule has 108 valence electrons. The van der Waals surface area contributed by atoms with Crippen LogP contribution in [0.5, 0.6) is 0 Å². The Morgan fingerprint density at radius 2 is 2.29 bits per heavy atom. The standard InChI is InChI=1S/C10H7BrN6O4/c11-6-2-1-5(3-7(6)17(19)20)4-13-14-10(18)8-9(12)16-21-15-8/h1-4H,(H2,12,16)(H,14,18)/b13-4+. The number of amides is 1. The third-order valence-corrected chi connectivity index (χ3v) is 2.95. The van der Waals surface area contributed by atoms with E-state index < -0.39 is 10.8 Å². The molecule has 0 atom stereocenters. The molecular formula is C10H7BrN6O4. The molecular weight excluding hydrogens is 348 g/mol. The first kappa shape index (κ1) is 14.6. The molecule has 2 aromatic rings. The summed E-state index contributed by atoms with van der Waals surface area (Å²) in [5.74, 6) is -0.876. The van der Waals surface area contributed by atoms with Gasteiger partial charge in [-0.3, -0.25) is 14.9 Å². The van der Waals surface area contributed by atoms with Crippen LogP contribution in [0.4, 0.5) is 11.5 Å². The van der Waals surface area contributed by atoms with Gasteiger partial charge >= 0.3 is 0 Å². The summed E-state index contributed by atoms with van der Waals surface area (Å²) in [4.78, 5) is 21.8. The second kappa shape index (κ2) is 6.09. The fourth-order valence-corrected chi connectivity index (χ4v) is 1.71. The average Bonchev–Trinajstić information content (AvgIpc) is 2.86. The maximum atomic E-state index is 11.6. The van der Waals surface area contributed by atoms with Crippen molar-refractivity contribution in [3.05, 3.63) is 44.0 Å². The molecule has 10 nitrogen and oxygen atoms in total. The lowest BCUT2D eigenvalue weighted by atomic mass is 10.2. The van der Waals surface area contributed by atoms with E-state index in [-0.39, 0.29) is 17.2 Å². The normalized spacial score (nSPS) is 10.7. The van der Waals surface area contributed by atoms with Crippen molar-refractivity contribution in [3.8, 4) is 0 Å². The minimum atomic E-state index is -0.711. The molecule has 0 spiro atoms. The molecule has 1 amide bonds. The number of nitrogens with one attached hydrogen (secondary N) is 1. The molecule has 1 aromatic carbocycles. The van der Waals surface area contributed by atoms with Crippen molar-refractivity contribution >= 4 is 39.6 Å². The van der Waals surface area contributed by atoms with Gasteiger partial charge in [-0.15, -0.1) is 0 Å². The Bertz CT molecular complexity index is 728. The molecule has 0 bridgehead atoms. The van der Waals surface area contributed by atoms with Crippen molar-refractivity contribution in [1.82, 2.24) is 15.7 Å². The molecule has 0 saturated carbocycles. The van der Waals surface area contributed by atoms with Crippen LogP contribution in [-0.2, 0) is 0 Å². The molecule has 0 unspecified atom stereocenters. The van der Waals surface area contributed by atoms with Gasteiger partial charge in [-0.2, -0.15) is 5.10 Å². The van der Waals surface area contributed by atoms with Crippen molar-refractivity contribution in [2.45, 2.75) is 0 Å².